The van der Waals surface area contributed by atoms with Gasteiger partial charge in [-0.1, -0.05) is 6.92 Å². The quantitative estimate of drug-likeness (QED) is 0.783. The zero-order chi connectivity index (χ0) is 10.4. The SMILES string of the molecule is CCNC(CSC)c1cnn(CC)c1. The third kappa shape index (κ3) is 3.03. The largest absolute Gasteiger partial charge is 0.309 e. The minimum absolute atomic E-state index is 0.440. The Morgan fingerprint density at radius 2 is 2.36 bits per heavy atom. The molecule has 1 heterocycles. The molecule has 0 spiro atoms. The van der Waals surface area contributed by atoms with Crippen LogP contribution in [0.25, 0.3) is 0 Å². The summed E-state index contributed by atoms with van der Waals surface area (Å²) in [5.74, 6) is 1.10. The predicted octanol–water partition coefficient (Wildman–Crippen LogP) is 1.92. The molecule has 3 nitrogen and oxygen atoms in total. The van der Waals surface area contributed by atoms with Gasteiger partial charge in [0.15, 0.2) is 0 Å². The van der Waals surface area contributed by atoms with Crippen LogP contribution in [0.4, 0.5) is 0 Å². The molecule has 0 saturated carbocycles. The molecule has 1 atom stereocenters. The van der Waals surface area contributed by atoms with Crippen molar-refractivity contribution < 1.29 is 0 Å². The summed E-state index contributed by atoms with van der Waals surface area (Å²) >= 11 is 1.86. The summed E-state index contributed by atoms with van der Waals surface area (Å²) < 4.78 is 1.97. The lowest BCUT2D eigenvalue weighted by Crippen LogP contribution is -2.22. The summed E-state index contributed by atoms with van der Waals surface area (Å²) in [5, 5.41) is 7.75. The van der Waals surface area contributed by atoms with Crippen LogP contribution in [-0.2, 0) is 6.54 Å². The monoisotopic (exact) mass is 213 g/mol. The smallest absolute Gasteiger partial charge is 0.0537 e. The van der Waals surface area contributed by atoms with E-state index in [1.165, 1.54) is 5.56 Å². The second-order valence-electron chi connectivity index (χ2n) is 3.19. The molecule has 0 aliphatic carbocycles. The average molecular weight is 213 g/mol. The number of hydrogen-bond donors (Lipinski definition) is 1. The van der Waals surface area contributed by atoms with Crippen LogP contribution in [-0.4, -0.2) is 28.3 Å². The van der Waals surface area contributed by atoms with Crippen LogP contribution in [0, 0.1) is 0 Å². The van der Waals surface area contributed by atoms with Crippen molar-refractivity contribution in [1.29, 1.82) is 0 Å². The molecule has 1 rings (SSSR count). The van der Waals surface area contributed by atoms with E-state index in [1.54, 1.807) is 0 Å². The van der Waals surface area contributed by atoms with Crippen molar-refractivity contribution in [3.63, 3.8) is 0 Å². The average Bonchev–Trinajstić information content (AvgIpc) is 2.65. The van der Waals surface area contributed by atoms with E-state index in [4.69, 9.17) is 0 Å². The van der Waals surface area contributed by atoms with Gasteiger partial charge in [0.2, 0.25) is 0 Å². The fourth-order valence-corrected chi connectivity index (χ4v) is 2.06. The molecule has 80 valence electrons. The summed E-state index contributed by atoms with van der Waals surface area (Å²) in [6.45, 7) is 6.19. The number of hydrogen-bond acceptors (Lipinski definition) is 3. The number of nitrogens with one attached hydrogen (secondary N) is 1. The topological polar surface area (TPSA) is 29.9 Å². The van der Waals surface area contributed by atoms with Crippen LogP contribution in [0.3, 0.4) is 0 Å². The van der Waals surface area contributed by atoms with E-state index in [0.717, 1.165) is 18.8 Å². The van der Waals surface area contributed by atoms with Gasteiger partial charge >= 0.3 is 0 Å². The summed E-state index contributed by atoms with van der Waals surface area (Å²) in [6, 6.07) is 0.440. The van der Waals surface area contributed by atoms with Gasteiger partial charge in [-0.05, 0) is 19.7 Å². The minimum atomic E-state index is 0.440. The lowest BCUT2D eigenvalue weighted by molar-refractivity contribution is 0.603. The molecule has 4 heteroatoms. The highest BCUT2D eigenvalue weighted by Gasteiger charge is 2.10. The van der Waals surface area contributed by atoms with E-state index in [0.29, 0.717) is 6.04 Å². The van der Waals surface area contributed by atoms with E-state index in [2.05, 4.69) is 36.7 Å². The van der Waals surface area contributed by atoms with Crippen molar-refractivity contribution in [3.05, 3.63) is 18.0 Å². The molecule has 1 N–H and O–H groups in total. The van der Waals surface area contributed by atoms with E-state index in [9.17, 15) is 0 Å². The number of rotatable bonds is 6. The summed E-state index contributed by atoms with van der Waals surface area (Å²) in [5.41, 5.74) is 1.29. The summed E-state index contributed by atoms with van der Waals surface area (Å²) in [7, 11) is 0. The van der Waals surface area contributed by atoms with E-state index in [1.807, 2.05) is 22.6 Å². The fourth-order valence-electron chi connectivity index (χ4n) is 1.42. The third-order valence-electron chi connectivity index (χ3n) is 2.16. The Balaban J connectivity index is 2.65. The van der Waals surface area contributed by atoms with Crippen molar-refractivity contribution >= 4 is 11.8 Å². The number of thioether (sulfide) groups is 1. The maximum absolute atomic E-state index is 4.29. The second kappa shape index (κ2) is 6.09. The van der Waals surface area contributed by atoms with Gasteiger partial charge in [0.1, 0.15) is 0 Å². The molecule has 0 radical (unpaired) electrons. The van der Waals surface area contributed by atoms with E-state index in [-0.39, 0.29) is 0 Å². The lowest BCUT2D eigenvalue weighted by Gasteiger charge is -2.14. The van der Waals surface area contributed by atoms with Crippen LogP contribution in [0.1, 0.15) is 25.5 Å². The highest BCUT2D eigenvalue weighted by molar-refractivity contribution is 7.98. The number of aromatic nitrogens is 2. The van der Waals surface area contributed by atoms with Gasteiger partial charge in [-0.15, -0.1) is 0 Å². The summed E-state index contributed by atoms with van der Waals surface area (Å²) in [6.07, 6.45) is 6.23. The zero-order valence-corrected chi connectivity index (χ0v) is 9.97. The molecule has 0 bridgehead atoms. The molecule has 1 aromatic rings. The molecule has 0 saturated heterocycles. The second-order valence-corrected chi connectivity index (χ2v) is 4.11. The normalized spacial score (nSPS) is 13.1. The maximum atomic E-state index is 4.29. The molecular formula is C10H19N3S. The molecule has 1 unspecified atom stereocenters. The van der Waals surface area contributed by atoms with Gasteiger partial charge in [0, 0.05) is 30.1 Å². The van der Waals surface area contributed by atoms with Gasteiger partial charge in [0.05, 0.1) is 6.20 Å². The fraction of sp³-hybridized carbons (Fsp3) is 0.700. The van der Waals surface area contributed by atoms with Gasteiger partial charge in [0.25, 0.3) is 0 Å². The molecule has 0 aliphatic rings. The van der Waals surface area contributed by atoms with Crippen LogP contribution in [0.15, 0.2) is 12.4 Å². The molecule has 14 heavy (non-hydrogen) atoms. The molecule has 0 amide bonds. The van der Waals surface area contributed by atoms with Gasteiger partial charge in [-0.3, -0.25) is 4.68 Å². The Bertz CT molecular complexity index is 254. The van der Waals surface area contributed by atoms with Crippen molar-refractivity contribution in [3.8, 4) is 0 Å². The van der Waals surface area contributed by atoms with Gasteiger partial charge in [-0.2, -0.15) is 16.9 Å². The minimum Gasteiger partial charge on any atom is -0.309 e. The van der Waals surface area contributed by atoms with Crippen LogP contribution in [0.2, 0.25) is 0 Å². The van der Waals surface area contributed by atoms with E-state index >= 15 is 0 Å². The Morgan fingerprint density at radius 1 is 1.57 bits per heavy atom. The highest BCUT2D eigenvalue weighted by Crippen LogP contribution is 2.16. The standard InChI is InChI=1S/C10H19N3S/c1-4-11-10(8-14-3)9-6-12-13(5-2)7-9/h6-7,10-11H,4-5,8H2,1-3H3. The van der Waals surface area contributed by atoms with Crippen LogP contribution >= 0.6 is 11.8 Å². The van der Waals surface area contributed by atoms with Crippen LogP contribution in [0.5, 0.6) is 0 Å². The van der Waals surface area contributed by atoms with Crippen molar-refractivity contribution in [1.82, 2.24) is 15.1 Å². The Morgan fingerprint density at radius 3 is 2.86 bits per heavy atom. The maximum Gasteiger partial charge on any atom is 0.0537 e. The molecule has 0 aromatic carbocycles. The van der Waals surface area contributed by atoms with Crippen molar-refractivity contribution in [2.24, 2.45) is 0 Å². The first kappa shape index (κ1) is 11.6. The zero-order valence-electron chi connectivity index (χ0n) is 9.16. The highest BCUT2D eigenvalue weighted by atomic mass is 32.2. The molecule has 1 aromatic heterocycles. The molecule has 0 fully saturated rings. The van der Waals surface area contributed by atoms with Crippen molar-refractivity contribution in [2.75, 3.05) is 18.6 Å². The van der Waals surface area contributed by atoms with E-state index < -0.39 is 0 Å². The third-order valence-corrected chi connectivity index (χ3v) is 2.83. The molecular weight excluding hydrogens is 194 g/mol. The Hall–Kier alpha value is -0.480. The Kier molecular flexibility index (Phi) is 5.04. The number of aryl methyl sites for hydroxylation is 1. The lowest BCUT2D eigenvalue weighted by atomic mass is 10.2. The first-order valence-corrected chi connectivity index (χ1v) is 6.45. The predicted molar refractivity (Wildman–Crippen MR) is 62.7 cm³/mol. The van der Waals surface area contributed by atoms with Crippen molar-refractivity contribution in [2.45, 2.75) is 26.4 Å². The first-order chi connectivity index (χ1) is 6.81. The van der Waals surface area contributed by atoms with Gasteiger partial charge < -0.3 is 5.32 Å². The molecule has 0 aliphatic heterocycles. The Labute approximate surface area is 90.3 Å². The first-order valence-electron chi connectivity index (χ1n) is 5.06. The van der Waals surface area contributed by atoms with Crippen LogP contribution < -0.4 is 5.32 Å². The summed E-state index contributed by atoms with van der Waals surface area (Å²) in [4.78, 5) is 0. The van der Waals surface area contributed by atoms with Gasteiger partial charge in [-0.25, -0.2) is 0 Å². The number of nitrogens with zero attached hydrogens (tertiary/aromatic N) is 2.